The molecule has 0 aliphatic rings. The zero-order valence-electron chi connectivity index (χ0n) is 32.3. The lowest BCUT2D eigenvalue weighted by Gasteiger charge is -2.19. The van der Waals surface area contributed by atoms with Gasteiger partial charge in [0.25, 0.3) is 0 Å². The maximum absolute atomic E-state index is 12.5. The second kappa shape index (κ2) is 35.7. The molecule has 51 heavy (non-hydrogen) atoms. The van der Waals surface area contributed by atoms with Crippen LogP contribution in [0, 0.1) is 0 Å². The van der Waals surface area contributed by atoms with Crippen LogP contribution in [0.15, 0.2) is 12.2 Å². The molecule has 0 radical (unpaired) electrons. The molecule has 4 atom stereocenters. The number of esters is 2. The summed E-state index contributed by atoms with van der Waals surface area (Å²) in [5.74, 6) is -0.901. The predicted molar refractivity (Wildman–Crippen MR) is 204 cm³/mol. The van der Waals surface area contributed by atoms with Crippen molar-refractivity contribution in [3.63, 3.8) is 0 Å². The Morgan fingerprint density at radius 2 is 1.16 bits per heavy atom. The zero-order chi connectivity index (χ0) is 37.8. The van der Waals surface area contributed by atoms with Gasteiger partial charge in [0.1, 0.15) is 6.61 Å². The highest BCUT2D eigenvalue weighted by atomic mass is 31.2. The summed E-state index contributed by atoms with van der Waals surface area (Å²) >= 11 is 0. The van der Waals surface area contributed by atoms with Crippen LogP contribution < -0.4 is 5.73 Å². The maximum Gasteiger partial charge on any atom is 0.472 e. The minimum atomic E-state index is -4.40. The third-order valence-corrected chi connectivity index (χ3v) is 9.84. The molecule has 11 nitrogen and oxygen atoms in total. The number of allylic oxidation sites excluding steroid dienone is 1. The summed E-state index contributed by atoms with van der Waals surface area (Å²) in [6.45, 7) is 3.48. The Morgan fingerprint density at radius 1 is 0.647 bits per heavy atom. The molecule has 0 aliphatic carbocycles. The molecule has 12 heteroatoms. The van der Waals surface area contributed by atoms with E-state index in [4.69, 9.17) is 24.3 Å². The first-order valence-corrected chi connectivity index (χ1v) is 21.8. The summed E-state index contributed by atoms with van der Waals surface area (Å²) in [7, 11) is -4.40. The second-order valence-corrected chi connectivity index (χ2v) is 15.3. The van der Waals surface area contributed by atoms with Crippen LogP contribution in [-0.4, -0.2) is 71.7 Å². The van der Waals surface area contributed by atoms with E-state index >= 15 is 0 Å². The van der Waals surface area contributed by atoms with Crippen molar-refractivity contribution in [1.82, 2.24) is 0 Å². The van der Waals surface area contributed by atoms with E-state index in [1.54, 1.807) is 0 Å². The van der Waals surface area contributed by atoms with Crippen LogP contribution in [0.1, 0.15) is 181 Å². The van der Waals surface area contributed by atoms with Crippen LogP contribution in [0.4, 0.5) is 0 Å². The first kappa shape index (κ1) is 49.7. The van der Waals surface area contributed by atoms with Gasteiger partial charge >= 0.3 is 19.8 Å². The fourth-order valence-corrected chi connectivity index (χ4v) is 6.42. The molecule has 5 N–H and O–H groups in total. The van der Waals surface area contributed by atoms with Gasteiger partial charge in [0.15, 0.2) is 6.10 Å². The third-order valence-electron chi connectivity index (χ3n) is 8.85. The van der Waals surface area contributed by atoms with E-state index < -0.39 is 44.7 Å². The average Bonchev–Trinajstić information content (AvgIpc) is 3.11. The van der Waals surface area contributed by atoms with E-state index in [1.807, 2.05) is 12.2 Å². The van der Waals surface area contributed by atoms with E-state index in [9.17, 15) is 29.3 Å². The Labute approximate surface area is 310 Å². The molecule has 0 amide bonds. The zero-order valence-corrected chi connectivity index (χ0v) is 33.2. The number of aliphatic hydroxyl groups excluding tert-OH is 2. The van der Waals surface area contributed by atoms with E-state index in [0.29, 0.717) is 19.3 Å². The molecule has 4 unspecified atom stereocenters. The molecule has 0 aromatic rings. The van der Waals surface area contributed by atoms with Crippen molar-refractivity contribution in [3.8, 4) is 0 Å². The smallest absolute Gasteiger partial charge is 0.462 e. The first-order valence-electron chi connectivity index (χ1n) is 20.3. The van der Waals surface area contributed by atoms with Gasteiger partial charge in [-0.25, -0.2) is 4.57 Å². The molecule has 0 fully saturated rings. The summed E-state index contributed by atoms with van der Waals surface area (Å²) in [6, 6.07) is 0. The average molecular weight is 750 g/mol. The Bertz CT molecular complexity index is 890. The van der Waals surface area contributed by atoms with Crippen LogP contribution >= 0.6 is 7.82 Å². The number of ether oxygens (including phenoxy) is 2. The van der Waals surface area contributed by atoms with Crippen molar-refractivity contribution in [2.24, 2.45) is 5.73 Å². The van der Waals surface area contributed by atoms with Crippen molar-refractivity contribution >= 4 is 19.8 Å². The topological polar surface area (TPSA) is 175 Å². The minimum Gasteiger partial charge on any atom is -0.462 e. The quantitative estimate of drug-likeness (QED) is 0.0205. The standard InChI is InChI=1S/C39H76NO10P/c1-3-5-7-8-9-10-11-12-13-14-18-21-25-29-38(43)47-33-35(34-49-51(45,46)48-32-31-40)50-39(44)30-26-22-19-16-15-17-20-24-28-37(42)36(41)27-23-6-4-2/h20,24,35-37,41-42H,3-19,21-23,25-34,40H2,1-2H3,(H,45,46)/b24-20-. The molecule has 0 aliphatic heterocycles. The minimum absolute atomic E-state index is 0.0359. The van der Waals surface area contributed by atoms with Crippen LogP contribution in [0.25, 0.3) is 0 Å². The normalized spacial score (nSPS) is 14.7. The van der Waals surface area contributed by atoms with Gasteiger partial charge in [-0.05, 0) is 38.5 Å². The van der Waals surface area contributed by atoms with Gasteiger partial charge in [-0.3, -0.25) is 18.6 Å². The summed E-state index contributed by atoms with van der Waals surface area (Å²) in [5, 5.41) is 20.1. The lowest BCUT2D eigenvalue weighted by molar-refractivity contribution is -0.161. The van der Waals surface area contributed by atoms with Crippen LogP contribution in [0.3, 0.4) is 0 Å². The van der Waals surface area contributed by atoms with Crippen molar-refractivity contribution in [2.75, 3.05) is 26.4 Å². The number of hydrogen-bond acceptors (Lipinski definition) is 10. The number of carbonyl (C=O) groups is 2. The lowest BCUT2D eigenvalue weighted by Crippen LogP contribution is -2.29. The molecule has 0 saturated heterocycles. The van der Waals surface area contributed by atoms with Gasteiger partial charge in [-0.15, -0.1) is 0 Å². The SMILES string of the molecule is CCCCCCCCCCCCCCCC(=O)OCC(COP(=O)(O)OCCN)OC(=O)CCCCCCC/C=C\CC(O)C(O)CCCCC. The van der Waals surface area contributed by atoms with Crippen molar-refractivity contribution in [1.29, 1.82) is 0 Å². The molecule has 302 valence electrons. The molecule has 0 rings (SSSR count). The van der Waals surface area contributed by atoms with Gasteiger partial charge in [-0.1, -0.05) is 142 Å². The van der Waals surface area contributed by atoms with E-state index in [-0.39, 0.29) is 32.6 Å². The summed E-state index contributed by atoms with van der Waals surface area (Å²) in [6.07, 6.45) is 27.2. The molecular weight excluding hydrogens is 673 g/mol. The van der Waals surface area contributed by atoms with Gasteiger partial charge in [0.2, 0.25) is 0 Å². The van der Waals surface area contributed by atoms with Crippen LogP contribution in [0.2, 0.25) is 0 Å². The number of nitrogens with two attached hydrogens (primary N) is 1. The highest BCUT2D eigenvalue weighted by Crippen LogP contribution is 2.43. The highest BCUT2D eigenvalue weighted by Gasteiger charge is 2.26. The summed E-state index contributed by atoms with van der Waals surface area (Å²) < 4.78 is 32.6. The number of carbonyl (C=O) groups excluding carboxylic acids is 2. The molecule has 0 aromatic heterocycles. The number of unbranched alkanes of at least 4 members (excludes halogenated alkanes) is 19. The molecule has 0 bridgehead atoms. The third kappa shape index (κ3) is 34.2. The van der Waals surface area contributed by atoms with Gasteiger partial charge in [0.05, 0.1) is 25.4 Å². The van der Waals surface area contributed by atoms with E-state index in [0.717, 1.165) is 70.6 Å². The van der Waals surface area contributed by atoms with Crippen LogP contribution in [-0.2, 0) is 32.7 Å². The fraction of sp³-hybridized carbons (Fsp3) is 0.897. The van der Waals surface area contributed by atoms with Gasteiger partial charge in [0, 0.05) is 19.4 Å². The molecule has 0 heterocycles. The number of phosphoric acid groups is 1. The second-order valence-electron chi connectivity index (χ2n) is 13.8. The maximum atomic E-state index is 12.5. The number of hydrogen-bond donors (Lipinski definition) is 4. The van der Waals surface area contributed by atoms with Gasteiger partial charge < -0.3 is 30.3 Å². The molecule has 0 spiro atoms. The Balaban J connectivity index is 4.27. The first-order chi connectivity index (χ1) is 24.6. The number of aliphatic hydroxyl groups is 2. The lowest BCUT2D eigenvalue weighted by atomic mass is 10.0. The highest BCUT2D eigenvalue weighted by molar-refractivity contribution is 7.47. The fourth-order valence-electron chi connectivity index (χ4n) is 5.66. The molecule has 0 saturated carbocycles. The van der Waals surface area contributed by atoms with Crippen molar-refractivity contribution < 1.29 is 47.8 Å². The van der Waals surface area contributed by atoms with Crippen molar-refractivity contribution in [2.45, 2.75) is 199 Å². The van der Waals surface area contributed by atoms with Gasteiger partial charge in [-0.2, -0.15) is 0 Å². The Morgan fingerprint density at radius 3 is 1.73 bits per heavy atom. The number of rotatable bonds is 38. The van der Waals surface area contributed by atoms with Crippen LogP contribution in [0.5, 0.6) is 0 Å². The monoisotopic (exact) mass is 750 g/mol. The summed E-state index contributed by atoms with van der Waals surface area (Å²) in [4.78, 5) is 34.8. The van der Waals surface area contributed by atoms with E-state index in [2.05, 4.69) is 13.8 Å². The molecule has 0 aromatic carbocycles. The summed E-state index contributed by atoms with van der Waals surface area (Å²) in [5.41, 5.74) is 5.33. The molecular formula is C39H76NO10P. The largest absolute Gasteiger partial charge is 0.472 e. The Hall–Kier alpha value is -1.33. The predicted octanol–water partition coefficient (Wildman–Crippen LogP) is 8.99. The van der Waals surface area contributed by atoms with Crippen molar-refractivity contribution in [3.05, 3.63) is 12.2 Å². The Kier molecular flexibility index (Phi) is 34.8. The number of phosphoric ester groups is 1. The van der Waals surface area contributed by atoms with E-state index in [1.165, 1.54) is 64.2 Å².